The number of carbonyl (C=O) groups excluding carboxylic acids is 1. The van der Waals surface area contributed by atoms with E-state index in [1.807, 2.05) is 0 Å². The molecule has 0 radical (unpaired) electrons. The maximum absolute atomic E-state index is 13.0. The summed E-state index contributed by atoms with van der Waals surface area (Å²) in [6.07, 6.45) is 10.7. The number of halogens is 1. The van der Waals surface area contributed by atoms with Crippen LogP contribution in [0.4, 0.5) is 17.5 Å². The minimum Gasteiger partial charge on any atom is -0.493 e. The number of aromatic hydroxyl groups is 1. The van der Waals surface area contributed by atoms with E-state index in [1.165, 1.54) is 67.3 Å². The second-order valence-electron chi connectivity index (χ2n) is 11.4. The van der Waals surface area contributed by atoms with Gasteiger partial charge in [-0.05, 0) is 73.6 Å². The van der Waals surface area contributed by atoms with E-state index in [1.54, 1.807) is 36.4 Å². The monoisotopic (exact) mass is 604 g/mol. The molecule has 4 aromatic rings. The second-order valence-corrected chi connectivity index (χ2v) is 12.8. The van der Waals surface area contributed by atoms with Crippen LogP contribution in [0.1, 0.15) is 55.3 Å². The first-order valence-electron chi connectivity index (χ1n) is 14.0. The summed E-state index contributed by atoms with van der Waals surface area (Å²) in [5.74, 6) is -0.725. The quantitative estimate of drug-likeness (QED) is 0.290. The van der Waals surface area contributed by atoms with Crippen molar-refractivity contribution < 1.29 is 9.90 Å². The van der Waals surface area contributed by atoms with Gasteiger partial charge >= 0.3 is 0 Å². The van der Waals surface area contributed by atoms with Crippen LogP contribution in [-0.2, 0) is 0 Å². The molecule has 2 aliphatic carbocycles. The van der Waals surface area contributed by atoms with Crippen LogP contribution in [0.5, 0.6) is 5.88 Å². The van der Waals surface area contributed by atoms with Crippen LogP contribution in [-0.4, -0.2) is 48.7 Å². The molecule has 0 bridgehead atoms. The molecular formula is C29H29ClN8O3S. The molecule has 7 rings (SSSR count). The summed E-state index contributed by atoms with van der Waals surface area (Å²) < 4.78 is 1.18. The van der Waals surface area contributed by atoms with Crippen molar-refractivity contribution in [1.29, 1.82) is 0 Å². The van der Waals surface area contributed by atoms with Gasteiger partial charge in [0.2, 0.25) is 11.8 Å². The Bertz CT molecular complexity index is 1780. The summed E-state index contributed by atoms with van der Waals surface area (Å²) in [4.78, 5) is 37.2. The Balaban J connectivity index is 1.06. The van der Waals surface area contributed by atoms with E-state index < -0.39 is 22.9 Å². The molecule has 3 aliphatic rings. The lowest BCUT2D eigenvalue weighted by molar-refractivity contribution is 0.102. The number of nitrogens with two attached hydrogens (primary N) is 1. The number of carbonyl (C=O) groups is 1. The lowest BCUT2D eigenvalue weighted by Crippen LogP contribution is -2.43. The van der Waals surface area contributed by atoms with E-state index in [0.29, 0.717) is 26.7 Å². The third-order valence-electron chi connectivity index (χ3n) is 9.32. The molecule has 2 saturated carbocycles. The molecule has 2 spiro atoms. The van der Waals surface area contributed by atoms with Gasteiger partial charge in [0, 0.05) is 24.2 Å². The number of amides is 1. The van der Waals surface area contributed by atoms with Gasteiger partial charge in [-0.25, -0.2) is 0 Å². The normalized spacial score (nSPS) is 18.5. The summed E-state index contributed by atoms with van der Waals surface area (Å²) >= 11 is 7.82. The molecule has 3 fully saturated rings. The van der Waals surface area contributed by atoms with Crippen LogP contribution in [0.3, 0.4) is 0 Å². The predicted octanol–water partition coefficient (Wildman–Crippen LogP) is 4.77. The van der Waals surface area contributed by atoms with Gasteiger partial charge in [0.15, 0.2) is 16.4 Å². The predicted molar refractivity (Wildman–Crippen MR) is 160 cm³/mol. The van der Waals surface area contributed by atoms with Crippen molar-refractivity contribution in [3.63, 3.8) is 0 Å². The molecule has 1 amide bonds. The minimum absolute atomic E-state index is 0.210. The highest BCUT2D eigenvalue weighted by Gasteiger charge is 2.61. The van der Waals surface area contributed by atoms with Crippen molar-refractivity contribution in [2.24, 2.45) is 10.8 Å². The second kappa shape index (κ2) is 10.1. The van der Waals surface area contributed by atoms with Gasteiger partial charge < -0.3 is 21.1 Å². The SMILES string of the molecule is Nc1nc(N2CCC3(CCCC34CC4)CC2)nnc1Sc1cccc(NC(=O)c2c(O)nc3ccccn3c2=O)c1Cl. The number of fused-ring (bicyclic) bond motifs is 2. The van der Waals surface area contributed by atoms with Crippen LogP contribution in [0.25, 0.3) is 5.65 Å². The van der Waals surface area contributed by atoms with Crippen LogP contribution < -0.4 is 21.5 Å². The van der Waals surface area contributed by atoms with Crippen molar-refractivity contribution in [3.8, 4) is 5.88 Å². The first-order valence-corrected chi connectivity index (χ1v) is 15.2. The van der Waals surface area contributed by atoms with Gasteiger partial charge in [-0.15, -0.1) is 10.2 Å². The molecular weight excluding hydrogens is 576 g/mol. The summed E-state index contributed by atoms with van der Waals surface area (Å²) in [7, 11) is 0. The average molecular weight is 605 g/mol. The lowest BCUT2D eigenvalue weighted by atomic mass is 9.68. The molecule has 1 aromatic carbocycles. The molecule has 3 aromatic heterocycles. The highest BCUT2D eigenvalue weighted by Crippen LogP contribution is 2.71. The standard InChI is InChI=1S/C29H29ClN8O3S/c30-21-17(32-23(39)20-24(40)33-19-7-1-2-14-38(19)26(20)41)5-3-6-18(21)42-25-22(31)34-27(36-35-25)37-15-12-29(13-16-37)9-4-8-28(29)10-11-28/h1-3,5-7,14,40H,4,8-13,15-16H2,(H,32,39)(H2,31,34,36). The molecule has 13 heteroatoms. The maximum Gasteiger partial charge on any atom is 0.274 e. The van der Waals surface area contributed by atoms with Gasteiger partial charge in [-0.3, -0.25) is 14.0 Å². The summed E-state index contributed by atoms with van der Waals surface area (Å²) in [5, 5.41) is 22.3. The number of nitrogens with one attached hydrogen (secondary N) is 1. The van der Waals surface area contributed by atoms with E-state index in [-0.39, 0.29) is 22.2 Å². The number of benzene rings is 1. The van der Waals surface area contributed by atoms with Crippen LogP contribution in [0, 0.1) is 10.8 Å². The van der Waals surface area contributed by atoms with Gasteiger partial charge in [-0.1, -0.05) is 41.9 Å². The van der Waals surface area contributed by atoms with E-state index in [2.05, 4.69) is 30.4 Å². The minimum atomic E-state index is -0.842. The number of aromatic nitrogens is 5. The van der Waals surface area contributed by atoms with E-state index in [4.69, 9.17) is 17.3 Å². The molecule has 4 N–H and O–H groups in total. The van der Waals surface area contributed by atoms with Crippen molar-refractivity contribution in [3.05, 3.63) is 63.5 Å². The summed E-state index contributed by atoms with van der Waals surface area (Å²) in [6.45, 7) is 1.82. The Morgan fingerprint density at radius 3 is 2.50 bits per heavy atom. The number of piperidine rings is 1. The highest BCUT2D eigenvalue weighted by atomic mass is 35.5. The van der Waals surface area contributed by atoms with Crippen LogP contribution >= 0.6 is 23.4 Å². The van der Waals surface area contributed by atoms with Crippen molar-refractivity contribution >= 4 is 52.4 Å². The molecule has 42 heavy (non-hydrogen) atoms. The van der Waals surface area contributed by atoms with E-state index in [0.717, 1.165) is 13.1 Å². The third kappa shape index (κ3) is 4.44. The fourth-order valence-corrected chi connectivity index (χ4v) is 7.99. The number of pyridine rings is 1. The largest absolute Gasteiger partial charge is 0.493 e. The van der Waals surface area contributed by atoms with Gasteiger partial charge in [0.05, 0.1) is 10.7 Å². The van der Waals surface area contributed by atoms with E-state index >= 15 is 0 Å². The molecule has 1 aliphatic heterocycles. The van der Waals surface area contributed by atoms with Crippen LogP contribution in [0.15, 0.2) is 57.3 Å². The van der Waals surface area contributed by atoms with E-state index in [9.17, 15) is 14.7 Å². The number of hydrogen-bond acceptors (Lipinski definition) is 10. The van der Waals surface area contributed by atoms with Gasteiger partial charge in [0.25, 0.3) is 11.5 Å². The summed E-state index contributed by atoms with van der Waals surface area (Å²) in [6, 6.07) is 9.88. The number of anilines is 3. The van der Waals surface area contributed by atoms with Crippen LogP contribution in [0.2, 0.25) is 5.02 Å². The van der Waals surface area contributed by atoms with Crippen molar-refractivity contribution in [2.45, 2.75) is 54.9 Å². The average Bonchev–Trinajstić information content (AvgIpc) is 3.70. The topological polar surface area (TPSA) is 152 Å². The lowest BCUT2D eigenvalue weighted by Gasteiger charge is -2.43. The number of hydrogen-bond donors (Lipinski definition) is 3. The Morgan fingerprint density at radius 2 is 1.76 bits per heavy atom. The smallest absolute Gasteiger partial charge is 0.274 e. The number of rotatable bonds is 5. The summed E-state index contributed by atoms with van der Waals surface area (Å²) in [5.41, 5.74) is 6.68. The zero-order valence-corrected chi connectivity index (χ0v) is 24.3. The molecule has 216 valence electrons. The number of nitrogen functional groups attached to an aromatic ring is 1. The Labute approximate surface area is 250 Å². The fourth-order valence-electron chi connectivity index (χ4n) is 6.92. The highest BCUT2D eigenvalue weighted by molar-refractivity contribution is 7.99. The Morgan fingerprint density at radius 1 is 1.00 bits per heavy atom. The van der Waals surface area contributed by atoms with Crippen molar-refractivity contribution in [1.82, 2.24) is 24.6 Å². The Kier molecular flexibility index (Phi) is 6.50. The molecule has 0 unspecified atom stereocenters. The zero-order valence-electron chi connectivity index (χ0n) is 22.7. The fraction of sp³-hybridized carbons (Fsp3) is 0.379. The first-order chi connectivity index (χ1) is 20.3. The third-order valence-corrected chi connectivity index (χ3v) is 10.9. The number of nitrogens with zero attached hydrogens (tertiary/aromatic N) is 6. The molecule has 11 nitrogen and oxygen atoms in total. The zero-order chi connectivity index (χ0) is 29.1. The molecule has 0 atom stereocenters. The first kappa shape index (κ1) is 27.0. The molecule has 1 saturated heterocycles. The van der Waals surface area contributed by atoms with Gasteiger partial charge in [0.1, 0.15) is 5.65 Å². The van der Waals surface area contributed by atoms with Gasteiger partial charge in [-0.2, -0.15) is 9.97 Å². The molecule has 4 heterocycles. The van der Waals surface area contributed by atoms with Crippen molar-refractivity contribution in [2.75, 3.05) is 29.0 Å². The maximum atomic E-state index is 13.0. The Hall–Kier alpha value is -3.90.